The van der Waals surface area contributed by atoms with Crippen LogP contribution in [-0.2, 0) is 30.2 Å². The van der Waals surface area contributed by atoms with Gasteiger partial charge in [-0.3, -0.25) is 9.59 Å². The number of esters is 1. The number of nitrogens with one attached hydrogen (secondary N) is 2. The summed E-state index contributed by atoms with van der Waals surface area (Å²) in [7, 11) is 3.05. The van der Waals surface area contributed by atoms with Gasteiger partial charge in [-0.15, -0.1) is 0 Å². The first-order chi connectivity index (χ1) is 24.0. The van der Waals surface area contributed by atoms with Crippen molar-refractivity contribution in [2.24, 2.45) is 11.3 Å². The van der Waals surface area contributed by atoms with E-state index in [1.54, 1.807) is 7.11 Å². The summed E-state index contributed by atoms with van der Waals surface area (Å²) in [6.07, 6.45) is 7.46. The molecule has 1 aromatic heterocycles. The highest BCUT2D eigenvalue weighted by Gasteiger charge is 2.44. The lowest BCUT2D eigenvalue weighted by Gasteiger charge is -2.34. The third-order valence-corrected chi connectivity index (χ3v) is 10.4. The summed E-state index contributed by atoms with van der Waals surface area (Å²) in [5.41, 5.74) is 0.832. The van der Waals surface area contributed by atoms with Crippen LogP contribution in [0.15, 0.2) is 29.1 Å². The quantitative estimate of drug-likeness (QED) is 0.198. The Bertz CT molecular complexity index is 1530. The SMILES string of the molecule is COCCN1CCC(Oc2c(CCCCC[C@@H]3CC3OC(=O)N[C@H](C(=O)N3CCC[C@H]3C(=O)OC)C(C)(C)C)c(=O)[nH]c3ccccc23)CC1. The molecule has 1 aromatic carbocycles. The lowest BCUT2D eigenvalue weighted by Crippen LogP contribution is -2.57. The summed E-state index contributed by atoms with van der Waals surface area (Å²) in [5.74, 6) is 0.273. The van der Waals surface area contributed by atoms with Crippen LogP contribution in [0, 0.1) is 11.3 Å². The molecule has 1 saturated carbocycles. The molecule has 2 N–H and O–H groups in total. The molecular formula is C38H56N4O8. The number of alkyl carbamates (subject to hydrolysis) is 1. The molecule has 3 heterocycles. The van der Waals surface area contributed by atoms with E-state index in [4.69, 9.17) is 18.9 Å². The maximum atomic E-state index is 13.5. The van der Waals surface area contributed by atoms with Crippen molar-refractivity contribution in [3.63, 3.8) is 0 Å². The number of para-hydroxylation sites is 1. The van der Waals surface area contributed by atoms with Gasteiger partial charge in [0.05, 0.1) is 24.8 Å². The number of pyridine rings is 1. The molecule has 2 aliphatic heterocycles. The highest BCUT2D eigenvalue weighted by atomic mass is 16.6. The number of nitrogens with zero attached hydrogens (tertiary/aromatic N) is 2. The van der Waals surface area contributed by atoms with Crippen molar-refractivity contribution in [3.05, 3.63) is 40.2 Å². The largest absolute Gasteiger partial charge is 0.489 e. The van der Waals surface area contributed by atoms with Gasteiger partial charge in [-0.1, -0.05) is 45.7 Å². The van der Waals surface area contributed by atoms with E-state index in [9.17, 15) is 19.2 Å². The van der Waals surface area contributed by atoms with Crippen LogP contribution in [-0.4, -0.2) is 104 Å². The number of H-pyrrole nitrogens is 1. The van der Waals surface area contributed by atoms with Crippen molar-refractivity contribution >= 4 is 28.9 Å². The van der Waals surface area contributed by atoms with Gasteiger partial charge in [0.25, 0.3) is 5.56 Å². The Morgan fingerprint density at radius 3 is 2.50 bits per heavy atom. The molecule has 0 bridgehead atoms. The van der Waals surface area contributed by atoms with Crippen LogP contribution < -0.4 is 15.6 Å². The Morgan fingerprint density at radius 2 is 1.78 bits per heavy atom. The second-order valence-electron chi connectivity index (χ2n) is 15.2. The van der Waals surface area contributed by atoms with E-state index < -0.39 is 29.6 Å². The third kappa shape index (κ3) is 9.57. The Kier molecular flexibility index (Phi) is 12.8. The highest BCUT2D eigenvalue weighted by Crippen LogP contribution is 2.39. The number of ether oxygens (including phenoxy) is 4. The second-order valence-corrected chi connectivity index (χ2v) is 15.2. The van der Waals surface area contributed by atoms with Crippen LogP contribution >= 0.6 is 0 Å². The van der Waals surface area contributed by atoms with Crippen LogP contribution in [0.4, 0.5) is 4.79 Å². The molecule has 0 spiro atoms. The van der Waals surface area contributed by atoms with Crippen LogP contribution in [0.5, 0.6) is 5.75 Å². The van der Waals surface area contributed by atoms with Crippen LogP contribution in [0.2, 0.25) is 0 Å². The van der Waals surface area contributed by atoms with Crippen molar-refractivity contribution < 1.29 is 33.3 Å². The molecule has 1 aliphatic carbocycles. The summed E-state index contributed by atoms with van der Waals surface area (Å²) in [6.45, 7) is 9.63. The minimum absolute atomic E-state index is 0.0653. The van der Waals surface area contributed by atoms with Gasteiger partial charge in [0.2, 0.25) is 5.91 Å². The van der Waals surface area contributed by atoms with Gasteiger partial charge in [-0.05, 0) is 74.8 Å². The lowest BCUT2D eigenvalue weighted by molar-refractivity contribution is -0.152. The molecule has 276 valence electrons. The first-order valence-electron chi connectivity index (χ1n) is 18.4. The Hall–Kier alpha value is -3.64. The molecule has 3 aliphatic rings. The summed E-state index contributed by atoms with van der Waals surface area (Å²) < 4.78 is 22.5. The van der Waals surface area contributed by atoms with Gasteiger partial charge in [0, 0.05) is 38.7 Å². The number of aromatic amines is 1. The first kappa shape index (κ1) is 37.6. The minimum atomic E-state index is -0.835. The van der Waals surface area contributed by atoms with Gasteiger partial charge in [-0.2, -0.15) is 0 Å². The number of hydrogen-bond donors (Lipinski definition) is 2. The van der Waals surface area contributed by atoms with Crippen LogP contribution in [0.3, 0.4) is 0 Å². The minimum Gasteiger partial charge on any atom is -0.489 e. The number of carbonyl (C=O) groups is 3. The number of unbranched alkanes of at least 4 members (excludes halogenated alkanes) is 2. The zero-order valence-electron chi connectivity index (χ0n) is 30.5. The summed E-state index contributed by atoms with van der Waals surface area (Å²) in [4.78, 5) is 58.9. The average molecular weight is 697 g/mol. The van der Waals surface area contributed by atoms with Crippen molar-refractivity contribution in [2.75, 3.05) is 47.0 Å². The zero-order chi connectivity index (χ0) is 35.8. The molecule has 4 atom stereocenters. The third-order valence-electron chi connectivity index (χ3n) is 10.4. The molecule has 2 saturated heterocycles. The summed E-state index contributed by atoms with van der Waals surface area (Å²) in [5, 5.41) is 3.75. The van der Waals surface area contributed by atoms with E-state index in [0.29, 0.717) is 31.4 Å². The first-order valence-corrected chi connectivity index (χ1v) is 18.4. The number of rotatable bonds is 15. The Morgan fingerprint density at radius 1 is 1.02 bits per heavy atom. The normalized spacial score (nSPS) is 21.9. The van der Waals surface area contributed by atoms with Gasteiger partial charge >= 0.3 is 12.1 Å². The zero-order valence-corrected chi connectivity index (χ0v) is 30.5. The number of piperidine rings is 1. The number of methoxy groups -OCH3 is 2. The van der Waals surface area contributed by atoms with Crippen molar-refractivity contribution in [1.29, 1.82) is 0 Å². The monoisotopic (exact) mass is 696 g/mol. The predicted octanol–water partition coefficient (Wildman–Crippen LogP) is 4.81. The Balaban J connectivity index is 1.08. The molecule has 12 nitrogen and oxygen atoms in total. The van der Waals surface area contributed by atoms with E-state index in [0.717, 1.165) is 87.8 Å². The number of benzene rings is 1. The molecule has 12 heteroatoms. The summed E-state index contributed by atoms with van der Waals surface area (Å²) in [6, 6.07) is 6.38. The molecule has 3 fully saturated rings. The molecule has 1 unspecified atom stereocenters. The van der Waals surface area contributed by atoms with Crippen molar-refractivity contribution in [1.82, 2.24) is 20.1 Å². The predicted molar refractivity (Wildman–Crippen MR) is 190 cm³/mol. The van der Waals surface area contributed by atoms with Gasteiger partial charge in [0.1, 0.15) is 30.0 Å². The Labute approximate surface area is 295 Å². The standard InChI is InChI=1S/C38H56N4O8/c1-38(2,3)33(35(44)42-19-11-16-30(42)36(45)48-5)40-37(46)50-31-24-25(31)12-7-6-8-14-28-32(27-13-9-10-15-29(27)39-34(28)43)49-26-17-20-41(21-18-26)22-23-47-4/h9-10,13,15,25-26,30-31,33H,6-8,11-12,14,16-24H2,1-5H3,(H,39,43)(H,40,46)/t25-,30+,31?,33-/m1/s1. The number of hydrogen-bond acceptors (Lipinski definition) is 9. The molecular weight excluding hydrogens is 640 g/mol. The fraction of sp³-hybridized carbons (Fsp3) is 0.684. The van der Waals surface area contributed by atoms with Crippen molar-refractivity contribution in [2.45, 2.75) is 109 Å². The average Bonchev–Trinajstić information content (AvgIpc) is 3.62. The molecule has 50 heavy (non-hydrogen) atoms. The molecule has 0 radical (unpaired) electrons. The summed E-state index contributed by atoms with van der Waals surface area (Å²) >= 11 is 0. The van der Waals surface area contributed by atoms with Gasteiger partial charge in [0.15, 0.2) is 0 Å². The van der Waals surface area contributed by atoms with E-state index in [-0.39, 0.29) is 29.6 Å². The lowest BCUT2D eigenvalue weighted by atomic mass is 9.85. The van der Waals surface area contributed by atoms with Crippen LogP contribution in [0.1, 0.15) is 84.1 Å². The molecule has 2 amide bonds. The van der Waals surface area contributed by atoms with Gasteiger partial charge in [-0.25, -0.2) is 9.59 Å². The molecule has 5 rings (SSSR count). The fourth-order valence-electron chi connectivity index (χ4n) is 7.32. The number of fused-ring (bicyclic) bond motifs is 1. The highest BCUT2D eigenvalue weighted by molar-refractivity contribution is 5.91. The number of carbonyl (C=O) groups excluding carboxylic acids is 3. The van der Waals surface area contributed by atoms with Gasteiger partial charge < -0.3 is 39.0 Å². The van der Waals surface area contributed by atoms with E-state index in [1.807, 2.05) is 45.0 Å². The van der Waals surface area contributed by atoms with E-state index in [1.165, 1.54) is 12.0 Å². The maximum absolute atomic E-state index is 13.5. The maximum Gasteiger partial charge on any atom is 0.408 e. The second kappa shape index (κ2) is 17.0. The van der Waals surface area contributed by atoms with Crippen LogP contribution in [0.25, 0.3) is 10.9 Å². The molecule has 2 aromatic rings. The number of amides is 2. The topological polar surface area (TPSA) is 140 Å². The number of aromatic nitrogens is 1. The number of likely N-dealkylation sites (tertiary alicyclic amines) is 2. The smallest absolute Gasteiger partial charge is 0.408 e. The van der Waals surface area contributed by atoms with E-state index >= 15 is 0 Å². The van der Waals surface area contributed by atoms with E-state index in [2.05, 4.69) is 15.2 Å². The fourth-order valence-corrected chi connectivity index (χ4v) is 7.32. The van der Waals surface area contributed by atoms with Crippen molar-refractivity contribution in [3.8, 4) is 5.75 Å².